The molecular weight excluding hydrogens is 311 g/mol. The molecule has 0 N–H and O–H groups in total. The van der Waals surface area contributed by atoms with E-state index in [0.717, 1.165) is 16.8 Å². The third-order valence-corrected chi connectivity index (χ3v) is 4.03. The van der Waals surface area contributed by atoms with Gasteiger partial charge in [0.2, 0.25) is 0 Å². The van der Waals surface area contributed by atoms with Gasteiger partial charge in [0.1, 0.15) is 11.6 Å². The molecule has 112 valence electrons. The van der Waals surface area contributed by atoms with Crippen molar-refractivity contribution in [2.45, 2.75) is 0 Å². The highest BCUT2D eigenvalue weighted by Gasteiger charge is 2.16. The Bertz CT molecular complexity index is 990. The summed E-state index contributed by atoms with van der Waals surface area (Å²) in [6.45, 7) is 0. The molecule has 2 nitrogen and oxygen atoms in total. The first-order valence-electron chi connectivity index (χ1n) is 7.22. The van der Waals surface area contributed by atoms with Gasteiger partial charge in [-0.2, -0.15) is 0 Å². The number of imidazole rings is 1. The number of hydrogen-bond acceptors (Lipinski definition) is 1. The summed E-state index contributed by atoms with van der Waals surface area (Å²) < 4.78 is 16.1. The molecule has 0 spiro atoms. The van der Waals surface area contributed by atoms with Gasteiger partial charge >= 0.3 is 0 Å². The van der Waals surface area contributed by atoms with Gasteiger partial charge in [-0.15, -0.1) is 0 Å². The molecule has 0 bridgehead atoms. The predicted molar refractivity (Wildman–Crippen MR) is 91.0 cm³/mol. The van der Waals surface area contributed by atoms with E-state index >= 15 is 0 Å². The third-order valence-electron chi connectivity index (χ3n) is 3.78. The zero-order valence-corrected chi connectivity index (χ0v) is 12.8. The first-order chi connectivity index (χ1) is 11.2. The van der Waals surface area contributed by atoms with Crippen LogP contribution >= 0.6 is 11.6 Å². The number of rotatable bonds is 2. The first-order valence-corrected chi connectivity index (χ1v) is 7.60. The third kappa shape index (κ3) is 2.39. The summed E-state index contributed by atoms with van der Waals surface area (Å²) in [7, 11) is 0. The molecule has 0 fully saturated rings. The Balaban J connectivity index is 2.01. The maximum Gasteiger partial charge on any atom is 0.148 e. The Labute approximate surface area is 137 Å². The number of nitrogens with zero attached hydrogens (tertiary/aromatic N) is 2. The Morgan fingerprint density at radius 1 is 0.870 bits per heavy atom. The molecule has 0 aliphatic rings. The SMILES string of the molecule is Fc1ccccc1-c1nc(-c2ccc(Cl)cc2)c2ccccn12. The normalized spacial score (nSPS) is 11.0. The summed E-state index contributed by atoms with van der Waals surface area (Å²) in [5, 5.41) is 0.673. The van der Waals surface area contributed by atoms with E-state index in [2.05, 4.69) is 0 Å². The van der Waals surface area contributed by atoms with Gasteiger partial charge in [0.05, 0.1) is 16.8 Å². The predicted octanol–water partition coefficient (Wildman–Crippen LogP) is 5.46. The second kappa shape index (κ2) is 5.52. The van der Waals surface area contributed by atoms with Crippen LogP contribution in [0.25, 0.3) is 28.2 Å². The topological polar surface area (TPSA) is 17.3 Å². The van der Waals surface area contributed by atoms with Crippen LogP contribution < -0.4 is 0 Å². The minimum atomic E-state index is -0.286. The number of fused-ring (bicyclic) bond motifs is 1. The highest BCUT2D eigenvalue weighted by atomic mass is 35.5. The van der Waals surface area contributed by atoms with E-state index in [-0.39, 0.29) is 5.82 Å². The van der Waals surface area contributed by atoms with E-state index in [4.69, 9.17) is 16.6 Å². The van der Waals surface area contributed by atoms with E-state index in [1.165, 1.54) is 6.07 Å². The minimum absolute atomic E-state index is 0.286. The van der Waals surface area contributed by atoms with E-state index in [1.54, 1.807) is 12.1 Å². The smallest absolute Gasteiger partial charge is 0.148 e. The van der Waals surface area contributed by atoms with Crippen LogP contribution in [0.2, 0.25) is 5.02 Å². The molecule has 0 unspecified atom stereocenters. The molecule has 2 heterocycles. The average Bonchev–Trinajstić information content (AvgIpc) is 2.96. The van der Waals surface area contributed by atoms with E-state index in [0.29, 0.717) is 16.4 Å². The minimum Gasteiger partial charge on any atom is -0.299 e. The summed E-state index contributed by atoms with van der Waals surface area (Å²) in [5.74, 6) is 0.301. The Hall–Kier alpha value is -2.65. The molecule has 0 aliphatic heterocycles. The highest BCUT2D eigenvalue weighted by Crippen LogP contribution is 2.31. The highest BCUT2D eigenvalue weighted by molar-refractivity contribution is 6.30. The molecular formula is C19H12ClFN2. The molecule has 2 aromatic heterocycles. The fourth-order valence-corrected chi connectivity index (χ4v) is 2.82. The molecule has 0 aliphatic carbocycles. The second-order valence-corrected chi connectivity index (χ2v) is 5.66. The zero-order valence-electron chi connectivity index (χ0n) is 12.1. The van der Waals surface area contributed by atoms with E-state index < -0.39 is 0 Å². The largest absolute Gasteiger partial charge is 0.299 e. The first kappa shape index (κ1) is 14.0. The second-order valence-electron chi connectivity index (χ2n) is 5.23. The van der Waals surface area contributed by atoms with Gasteiger partial charge in [-0.25, -0.2) is 9.37 Å². The molecule has 4 rings (SSSR count). The molecule has 0 radical (unpaired) electrons. The Morgan fingerprint density at radius 2 is 1.61 bits per heavy atom. The van der Waals surface area contributed by atoms with Crippen molar-refractivity contribution in [1.82, 2.24) is 9.38 Å². The monoisotopic (exact) mass is 322 g/mol. The van der Waals surface area contributed by atoms with Crippen molar-refractivity contribution >= 4 is 17.1 Å². The molecule has 0 atom stereocenters. The number of pyridine rings is 1. The number of aromatic nitrogens is 2. The number of halogens is 2. The molecule has 4 aromatic rings. The summed E-state index contributed by atoms with van der Waals surface area (Å²) in [6.07, 6.45) is 1.89. The van der Waals surface area contributed by atoms with Crippen molar-refractivity contribution in [3.05, 3.63) is 83.8 Å². The molecule has 2 aromatic carbocycles. The van der Waals surface area contributed by atoms with E-state index in [9.17, 15) is 4.39 Å². The maximum absolute atomic E-state index is 14.2. The summed E-state index contributed by atoms with van der Waals surface area (Å²) in [5.41, 5.74) is 3.16. The van der Waals surface area contributed by atoms with Gasteiger partial charge in [-0.1, -0.05) is 41.9 Å². The Morgan fingerprint density at radius 3 is 2.39 bits per heavy atom. The fraction of sp³-hybridized carbons (Fsp3) is 0. The lowest BCUT2D eigenvalue weighted by molar-refractivity contribution is 0.630. The molecule has 0 amide bonds. The van der Waals surface area contributed by atoms with Crippen molar-refractivity contribution in [2.24, 2.45) is 0 Å². The van der Waals surface area contributed by atoms with Crippen LogP contribution in [0.3, 0.4) is 0 Å². The van der Waals surface area contributed by atoms with Crippen molar-refractivity contribution in [1.29, 1.82) is 0 Å². The van der Waals surface area contributed by atoms with Gasteiger partial charge in [-0.05, 0) is 36.4 Å². The van der Waals surface area contributed by atoms with Crippen LogP contribution in [0.15, 0.2) is 72.9 Å². The standard InChI is InChI=1S/C19H12ClFN2/c20-14-10-8-13(9-11-14)18-17-7-3-4-12-23(17)19(22-18)15-5-1-2-6-16(15)21/h1-12H. The molecule has 4 heteroatoms. The van der Waals surface area contributed by atoms with Crippen molar-refractivity contribution in [2.75, 3.05) is 0 Å². The summed E-state index contributed by atoms with van der Waals surface area (Å²) in [6, 6.07) is 20.0. The van der Waals surface area contributed by atoms with Crippen molar-refractivity contribution in [3.63, 3.8) is 0 Å². The van der Waals surface area contributed by atoms with Gasteiger partial charge < -0.3 is 0 Å². The van der Waals surface area contributed by atoms with Gasteiger partial charge in [0, 0.05) is 16.8 Å². The van der Waals surface area contributed by atoms with Crippen LogP contribution in [-0.4, -0.2) is 9.38 Å². The summed E-state index contributed by atoms with van der Waals surface area (Å²) in [4.78, 5) is 4.70. The van der Waals surface area contributed by atoms with E-state index in [1.807, 2.05) is 59.1 Å². The fourth-order valence-electron chi connectivity index (χ4n) is 2.69. The zero-order chi connectivity index (χ0) is 15.8. The quantitative estimate of drug-likeness (QED) is 0.479. The average molecular weight is 323 g/mol. The molecule has 0 saturated carbocycles. The number of benzene rings is 2. The lowest BCUT2D eigenvalue weighted by atomic mass is 10.1. The molecule has 23 heavy (non-hydrogen) atoms. The maximum atomic E-state index is 14.2. The van der Waals surface area contributed by atoms with Gasteiger partial charge in [-0.3, -0.25) is 4.40 Å². The van der Waals surface area contributed by atoms with Crippen molar-refractivity contribution in [3.8, 4) is 22.6 Å². The summed E-state index contributed by atoms with van der Waals surface area (Å²) >= 11 is 5.96. The lowest BCUT2D eigenvalue weighted by Crippen LogP contribution is -1.91. The van der Waals surface area contributed by atoms with Crippen LogP contribution in [0, 0.1) is 5.82 Å². The lowest BCUT2D eigenvalue weighted by Gasteiger charge is -2.01. The Kier molecular flexibility index (Phi) is 3.36. The van der Waals surface area contributed by atoms with Crippen molar-refractivity contribution < 1.29 is 4.39 Å². The van der Waals surface area contributed by atoms with Crippen LogP contribution in [0.5, 0.6) is 0 Å². The number of hydrogen-bond donors (Lipinski definition) is 0. The van der Waals surface area contributed by atoms with Gasteiger partial charge in [0.25, 0.3) is 0 Å². The van der Waals surface area contributed by atoms with Crippen LogP contribution in [0.4, 0.5) is 4.39 Å². The molecule has 0 saturated heterocycles. The van der Waals surface area contributed by atoms with Crippen LogP contribution in [0.1, 0.15) is 0 Å². The van der Waals surface area contributed by atoms with Crippen LogP contribution in [-0.2, 0) is 0 Å². The van der Waals surface area contributed by atoms with Gasteiger partial charge in [0.15, 0.2) is 0 Å².